The van der Waals surface area contributed by atoms with E-state index in [4.69, 9.17) is 0 Å². The van der Waals surface area contributed by atoms with Gasteiger partial charge < -0.3 is 4.57 Å². The zero-order valence-electron chi connectivity index (χ0n) is 32.2. The van der Waals surface area contributed by atoms with Gasteiger partial charge in [-0.25, -0.2) is 0 Å². The Bertz CT molecular complexity index is 2900. The third-order valence-corrected chi connectivity index (χ3v) is 12.9. The van der Waals surface area contributed by atoms with Crippen molar-refractivity contribution >= 4 is 33.1 Å². The maximum Gasteiger partial charge on any atom is 0.0547 e. The maximum absolute atomic E-state index is 2.62. The van der Waals surface area contributed by atoms with Crippen molar-refractivity contribution in [2.24, 2.45) is 5.92 Å². The average Bonchev–Trinajstić information content (AvgIpc) is 3.64. The monoisotopic (exact) mass is 731 g/mol. The standard InChI is InChI=1S/C56H45N/c1-4-17-38(18-5-1)42-33-43(39-19-6-2-7-20-39)35-44(34-42)53-37-41-32-31-40(36-52(41)48-25-12-13-26-49(48)53)46-23-10-11-24-47(46)50-28-16-30-55-56(50)51-27-14-15-29-54(51)57(55)45-21-8-3-9-22-45/h1-2,4-6,8,10-19,21-33,35-36,44,53H,3,7,9,20,34,37H2. The second-order valence-electron chi connectivity index (χ2n) is 16.2. The van der Waals surface area contributed by atoms with Crippen molar-refractivity contribution in [1.82, 2.24) is 4.57 Å². The van der Waals surface area contributed by atoms with E-state index < -0.39 is 0 Å². The lowest BCUT2D eigenvalue weighted by molar-refractivity contribution is 0.504. The van der Waals surface area contributed by atoms with Crippen LogP contribution in [0.3, 0.4) is 0 Å². The van der Waals surface area contributed by atoms with Gasteiger partial charge in [-0.05, 0) is 141 Å². The molecule has 0 bridgehead atoms. The highest BCUT2D eigenvalue weighted by Crippen LogP contribution is 2.50. The van der Waals surface area contributed by atoms with Crippen LogP contribution in [-0.4, -0.2) is 4.57 Å². The van der Waals surface area contributed by atoms with E-state index in [-0.39, 0.29) is 0 Å². The van der Waals surface area contributed by atoms with Crippen molar-refractivity contribution in [2.75, 3.05) is 0 Å². The summed E-state index contributed by atoms with van der Waals surface area (Å²) < 4.78 is 2.46. The zero-order chi connectivity index (χ0) is 37.7. The van der Waals surface area contributed by atoms with E-state index >= 15 is 0 Å². The van der Waals surface area contributed by atoms with Gasteiger partial charge in [0.2, 0.25) is 0 Å². The van der Waals surface area contributed by atoms with E-state index in [0.717, 1.165) is 38.5 Å². The van der Waals surface area contributed by atoms with Gasteiger partial charge >= 0.3 is 0 Å². The molecule has 6 aromatic carbocycles. The number of rotatable bonds is 6. The van der Waals surface area contributed by atoms with Crippen molar-refractivity contribution in [3.63, 3.8) is 0 Å². The number of aromatic nitrogens is 1. The van der Waals surface area contributed by atoms with E-state index in [2.05, 4.69) is 193 Å². The van der Waals surface area contributed by atoms with Crippen LogP contribution in [0.2, 0.25) is 0 Å². The Labute approximate surface area is 336 Å². The van der Waals surface area contributed by atoms with Crippen LogP contribution in [0, 0.1) is 5.92 Å². The molecule has 0 fully saturated rings. The van der Waals surface area contributed by atoms with Crippen LogP contribution in [0.1, 0.15) is 54.7 Å². The fraction of sp³-hybridized carbons (Fsp3) is 0.143. The van der Waals surface area contributed by atoms with E-state index in [9.17, 15) is 0 Å². The summed E-state index contributed by atoms with van der Waals surface area (Å²) in [5.74, 6) is 0.808. The van der Waals surface area contributed by atoms with Crippen LogP contribution in [-0.2, 0) is 6.42 Å². The Morgan fingerprint density at radius 2 is 1.33 bits per heavy atom. The predicted molar refractivity (Wildman–Crippen MR) is 242 cm³/mol. The van der Waals surface area contributed by atoms with Crippen LogP contribution in [0.4, 0.5) is 0 Å². The third-order valence-electron chi connectivity index (χ3n) is 12.9. The molecule has 0 saturated heterocycles. The minimum atomic E-state index is 0.401. The number of hydrogen-bond acceptors (Lipinski definition) is 0. The molecule has 1 aromatic heterocycles. The lowest BCUT2D eigenvalue weighted by atomic mass is 9.68. The number of para-hydroxylation sites is 1. The third kappa shape index (κ3) is 5.92. The summed E-state index contributed by atoms with van der Waals surface area (Å²) in [6.45, 7) is 0. The minimum Gasteiger partial charge on any atom is -0.310 e. The average molecular weight is 732 g/mol. The van der Waals surface area contributed by atoms with Crippen molar-refractivity contribution < 1.29 is 0 Å². The first-order valence-corrected chi connectivity index (χ1v) is 20.8. The molecule has 0 saturated carbocycles. The Balaban J connectivity index is 1.01. The van der Waals surface area contributed by atoms with E-state index in [1.807, 2.05) is 0 Å². The number of nitrogens with zero attached hydrogens (tertiary/aromatic N) is 1. The lowest BCUT2D eigenvalue weighted by Crippen LogP contribution is -2.21. The van der Waals surface area contributed by atoms with Gasteiger partial charge in [-0.2, -0.15) is 0 Å². The van der Waals surface area contributed by atoms with Crippen LogP contribution < -0.4 is 0 Å². The number of allylic oxidation sites excluding steroid dienone is 12. The van der Waals surface area contributed by atoms with Gasteiger partial charge in [-0.3, -0.25) is 0 Å². The molecule has 1 heterocycles. The predicted octanol–water partition coefficient (Wildman–Crippen LogP) is 14.9. The number of fused-ring (bicyclic) bond motifs is 6. The SMILES string of the molecule is C1=CCCC(C2=CC(C3Cc4ccc(-c5ccccc5-c5cccc6c5c5ccccc5n6C5=CCCC=C5)cc4-c4ccccc43)CC(c3ccccc3)=C2)=C1. The molecule has 57 heavy (non-hydrogen) atoms. The molecule has 4 aliphatic rings. The molecule has 1 nitrogen and oxygen atoms in total. The van der Waals surface area contributed by atoms with Crippen LogP contribution in [0.25, 0.3) is 66.5 Å². The van der Waals surface area contributed by atoms with Crippen molar-refractivity contribution in [3.8, 4) is 33.4 Å². The highest BCUT2D eigenvalue weighted by Gasteiger charge is 2.33. The summed E-state index contributed by atoms with van der Waals surface area (Å²) in [4.78, 5) is 0. The zero-order valence-corrected chi connectivity index (χ0v) is 32.2. The minimum absolute atomic E-state index is 0.401. The fourth-order valence-corrected chi connectivity index (χ4v) is 10.2. The first-order chi connectivity index (χ1) is 28.3. The van der Waals surface area contributed by atoms with Gasteiger partial charge in [0.15, 0.2) is 0 Å². The van der Waals surface area contributed by atoms with Crippen LogP contribution in [0.5, 0.6) is 0 Å². The highest BCUT2D eigenvalue weighted by molar-refractivity contribution is 6.17. The Morgan fingerprint density at radius 3 is 2.19 bits per heavy atom. The molecule has 274 valence electrons. The summed E-state index contributed by atoms with van der Waals surface area (Å²) in [7, 11) is 0. The second-order valence-corrected chi connectivity index (χ2v) is 16.2. The first-order valence-electron chi connectivity index (χ1n) is 20.8. The van der Waals surface area contributed by atoms with E-state index in [1.165, 1.54) is 94.3 Å². The topological polar surface area (TPSA) is 4.93 Å². The lowest BCUT2D eigenvalue weighted by Gasteiger charge is -2.35. The second kappa shape index (κ2) is 14.3. The number of benzene rings is 6. The summed E-state index contributed by atoms with van der Waals surface area (Å²) in [5, 5.41) is 2.61. The molecular formula is C56H45N. The quantitative estimate of drug-likeness (QED) is 0.160. The van der Waals surface area contributed by atoms with Gasteiger partial charge in [-0.15, -0.1) is 0 Å². The summed E-state index contributed by atoms with van der Waals surface area (Å²) >= 11 is 0. The Kier molecular flexibility index (Phi) is 8.47. The van der Waals surface area contributed by atoms with Gasteiger partial charge in [0.25, 0.3) is 0 Å². The summed E-state index contributed by atoms with van der Waals surface area (Å²) in [6, 6.07) is 52.5. The molecule has 0 amide bonds. The van der Waals surface area contributed by atoms with Crippen molar-refractivity contribution in [3.05, 3.63) is 216 Å². The van der Waals surface area contributed by atoms with Gasteiger partial charge in [0, 0.05) is 16.5 Å². The molecule has 1 heteroatoms. The van der Waals surface area contributed by atoms with E-state index in [0.29, 0.717) is 11.8 Å². The van der Waals surface area contributed by atoms with E-state index in [1.54, 1.807) is 0 Å². The van der Waals surface area contributed by atoms with Gasteiger partial charge in [0.1, 0.15) is 0 Å². The smallest absolute Gasteiger partial charge is 0.0547 e. The highest BCUT2D eigenvalue weighted by atomic mass is 15.0. The molecule has 2 atom stereocenters. The van der Waals surface area contributed by atoms with Crippen LogP contribution in [0.15, 0.2) is 199 Å². The molecule has 0 spiro atoms. The normalized spacial score (nSPS) is 18.7. The largest absolute Gasteiger partial charge is 0.310 e. The molecule has 4 aliphatic carbocycles. The molecular weight excluding hydrogens is 687 g/mol. The number of hydrogen-bond donors (Lipinski definition) is 0. The Morgan fingerprint density at radius 1 is 0.544 bits per heavy atom. The molecule has 2 unspecified atom stereocenters. The van der Waals surface area contributed by atoms with Crippen molar-refractivity contribution in [2.45, 2.75) is 44.4 Å². The van der Waals surface area contributed by atoms with Crippen molar-refractivity contribution in [1.29, 1.82) is 0 Å². The molecule has 11 rings (SSSR count). The van der Waals surface area contributed by atoms with Gasteiger partial charge in [-0.1, -0.05) is 164 Å². The van der Waals surface area contributed by atoms with Crippen LogP contribution >= 0.6 is 0 Å². The Hall–Kier alpha value is -6.44. The summed E-state index contributed by atoms with van der Waals surface area (Å²) in [5.41, 5.74) is 20.2. The first kappa shape index (κ1) is 33.9. The van der Waals surface area contributed by atoms with Gasteiger partial charge in [0.05, 0.1) is 11.0 Å². The summed E-state index contributed by atoms with van der Waals surface area (Å²) in [6.07, 6.45) is 25.4. The molecule has 0 aliphatic heterocycles. The molecule has 0 N–H and O–H groups in total. The molecule has 0 radical (unpaired) electrons. The molecule has 7 aromatic rings. The fourth-order valence-electron chi connectivity index (χ4n) is 10.2. The maximum atomic E-state index is 2.62.